The second kappa shape index (κ2) is 7.97. The summed E-state index contributed by atoms with van der Waals surface area (Å²) >= 11 is 5.18. The Kier molecular flexibility index (Phi) is 5.67. The molecule has 0 aromatic heterocycles. The molecular formula is C17H17N3S. The van der Waals surface area contributed by atoms with E-state index < -0.39 is 0 Å². The Morgan fingerprint density at radius 2 is 1.76 bits per heavy atom. The van der Waals surface area contributed by atoms with Gasteiger partial charge < -0.3 is 5.32 Å². The monoisotopic (exact) mass is 295 g/mol. The van der Waals surface area contributed by atoms with Crippen LogP contribution in [0.5, 0.6) is 0 Å². The van der Waals surface area contributed by atoms with Crippen LogP contribution in [0.4, 0.5) is 5.69 Å². The third-order valence-corrected chi connectivity index (χ3v) is 3.00. The van der Waals surface area contributed by atoms with E-state index in [1.807, 2.05) is 73.7 Å². The molecule has 0 saturated carbocycles. The minimum Gasteiger partial charge on any atom is -0.331 e. The van der Waals surface area contributed by atoms with Crippen molar-refractivity contribution in [3.63, 3.8) is 0 Å². The van der Waals surface area contributed by atoms with Gasteiger partial charge >= 0.3 is 0 Å². The Morgan fingerprint density at radius 1 is 1.05 bits per heavy atom. The number of thiocarbonyl (C=S) groups is 1. The summed E-state index contributed by atoms with van der Waals surface area (Å²) in [5.41, 5.74) is 6.02. The molecule has 4 heteroatoms. The third-order valence-electron chi connectivity index (χ3n) is 2.81. The normalized spacial score (nSPS) is 10.9. The standard InChI is InChI=1S/C17H17N3S/c1-14-8-5-6-12-16(14)19-17(21)20-18-13-7-11-15-9-3-2-4-10-15/h2-13H,1H3,(H2,19,20,21)/b11-7+,18-13?. The van der Waals surface area contributed by atoms with E-state index in [-0.39, 0.29) is 0 Å². The average Bonchev–Trinajstić information content (AvgIpc) is 2.50. The van der Waals surface area contributed by atoms with Gasteiger partial charge in [-0.2, -0.15) is 5.10 Å². The summed E-state index contributed by atoms with van der Waals surface area (Å²) in [6, 6.07) is 18.0. The number of nitrogens with one attached hydrogen (secondary N) is 2. The first kappa shape index (κ1) is 14.9. The number of hydrazone groups is 1. The summed E-state index contributed by atoms with van der Waals surface area (Å²) in [6.45, 7) is 2.02. The highest BCUT2D eigenvalue weighted by atomic mass is 32.1. The van der Waals surface area contributed by atoms with Gasteiger partial charge in [-0.25, -0.2) is 0 Å². The van der Waals surface area contributed by atoms with Crippen molar-refractivity contribution in [2.24, 2.45) is 5.10 Å². The number of aryl methyl sites for hydroxylation is 1. The molecule has 0 heterocycles. The second-order valence-electron chi connectivity index (χ2n) is 4.43. The van der Waals surface area contributed by atoms with Crippen molar-refractivity contribution in [2.45, 2.75) is 6.92 Å². The molecule has 0 atom stereocenters. The zero-order valence-electron chi connectivity index (χ0n) is 11.8. The largest absolute Gasteiger partial charge is 0.331 e. The molecule has 0 aliphatic carbocycles. The number of para-hydroxylation sites is 1. The van der Waals surface area contributed by atoms with Crippen LogP contribution in [0.25, 0.3) is 6.08 Å². The summed E-state index contributed by atoms with van der Waals surface area (Å²) in [5, 5.41) is 7.61. The summed E-state index contributed by atoms with van der Waals surface area (Å²) < 4.78 is 0. The van der Waals surface area contributed by atoms with Crippen LogP contribution in [-0.2, 0) is 0 Å². The van der Waals surface area contributed by atoms with Crippen molar-refractivity contribution in [2.75, 3.05) is 5.32 Å². The molecule has 21 heavy (non-hydrogen) atoms. The first-order valence-electron chi connectivity index (χ1n) is 6.63. The van der Waals surface area contributed by atoms with Gasteiger partial charge in [-0.3, -0.25) is 5.43 Å². The fraction of sp³-hybridized carbons (Fsp3) is 0.0588. The molecule has 0 fully saturated rings. The van der Waals surface area contributed by atoms with Gasteiger partial charge in [-0.1, -0.05) is 54.6 Å². The first-order chi connectivity index (χ1) is 10.3. The van der Waals surface area contributed by atoms with E-state index in [9.17, 15) is 0 Å². The lowest BCUT2D eigenvalue weighted by molar-refractivity contribution is 1.05. The molecule has 3 nitrogen and oxygen atoms in total. The molecule has 2 rings (SSSR count). The lowest BCUT2D eigenvalue weighted by atomic mass is 10.2. The van der Waals surface area contributed by atoms with Gasteiger partial charge in [0, 0.05) is 11.9 Å². The van der Waals surface area contributed by atoms with Crippen molar-refractivity contribution >= 4 is 35.3 Å². The van der Waals surface area contributed by atoms with Gasteiger partial charge in [0.1, 0.15) is 0 Å². The summed E-state index contributed by atoms with van der Waals surface area (Å²) in [7, 11) is 0. The van der Waals surface area contributed by atoms with Crippen molar-refractivity contribution in [3.05, 3.63) is 71.8 Å². The lowest BCUT2D eigenvalue weighted by Gasteiger charge is -2.08. The van der Waals surface area contributed by atoms with Gasteiger partial charge in [0.15, 0.2) is 5.11 Å². The molecule has 0 aliphatic heterocycles. The van der Waals surface area contributed by atoms with Crippen LogP contribution in [0.1, 0.15) is 11.1 Å². The first-order valence-corrected chi connectivity index (χ1v) is 7.04. The van der Waals surface area contributed by atoms with E-state index in [1.165, 1.54) is 0 Å². The zero-order chi connectivity index (χ0) is 14.9. The fourth-order valence-corrected chi connectivity index (χ4v) is 1.88. The lowest BCUT2D eigenvalue weighted by Crippen LogP contribution is -2.24. The van der Waals surface area contributed by atoms with Crippen molar-refractivity contribution in [3.8, 4) is 0 Å². The molecule has 2 N–H and O–H groups in total. The summed E-state index contributed by atoms with van der Waals surface area (Å²) in [5.74, 6) is 0. The molecule has 106 valence electrons. The predicted molar refractivity (Wildman–Crippen MR) is 94.5 cm³/mol. The van der Waals surface area contributed by atoms with Crippen molar-refractivity contribution in [1.82, 2.24) is 5.43 Å². The maximum Gasteiger partial charge on any atom is 0.191 e. The van der Waals surface area contributed by atoms with E-state index in [4.69, 9.17) is 12.2 Å². The third kappa shape index (κ3) is 5.20. The molecule has 0 unspecified atom stereocenters. The van der Waals surface area contributed by atoms with E-state index >= 15 is 0 Å². The highest BCUT2D eigenvalue weighted by Gasteiger charge is 1.97. The maximum absolute atomic E-state index is 5.18. The molecule has 0 amide bonds. The average molecular weight is 295 g/mol. The molecule has 0 bridgehead atoms. The minimum absolute atomic E-state index is 0.466. The van der Waals surface area contributed by atoms with Gasteiger partial charge in [0.05, 0.1) is 0 Å². The van der Waals surface area contributed by atoms with Gasteiger partial charge in [0.25, 0.3) is 0 Å². The molecule has 0 spiro atoms. The van der Waals surface area contributed by atoms with E-state index in [1.54, 1.807) is 6.21 Å². The molecule has 0 radical (unpaired) electrons. The van der Waals surface area contributed by atoms with E-state index in [0.29, 0.717) is 5.11 Å². The van der Waals surface area contributed by atoms with Crippen LogP contribution >= 0.6 is 12.2 Å². The van der Waals surface area contributed by atoms with Crippen LogP contribution in [0.3, 0.4) is 0 Å². The topological polar surface area (TPSA) is 36.4 Å². The van der Waals surface area contributed by atoms with Crippen LogP contribution in [0.15, 0.2) is 65.8 Å². The molecule has 2 aromatic rings. The SMILES string of the molecule is Cc1ccccc1NC(=S)NN=C/C=C/c1ccccc1. The number of nitrogens with zero attached hydrogens (tertiary/aromatic N) is 1. The maximum atomic E-state index is 5.18. The van der Waals surface area contributed by atoms with E-state index in [2.05, 4.69) is 15.8 Å². The van der Waals surface area contributed by atoms with Crippen LogP contribution in [0.2, 0.25) is 0 Å². The number of hydrogen-bond donors (Lipinski definition) is 2. The number of rotatable bonds is 4. The fourth-order valence-electron chi connectivity index (χ4n) is 1.72. The number of benzene rings is 2. The smallest absolute Gasteiger partial charge is 0.191 e. The van der Waals surface area contributed by atoms with Crippen molar-refractivity contribution in [1.29, 1.82) is 0 Å². The number of anilines is 1. The minimum atomic E-state index is 0.466. The van der Waals surface area contributed by atoms with E-state index in [0.717, 1.165) is 16.8 Å². The zero-order valence-corrected chi connectivity index (χ0v) is 12.6. The molecule has 2 aromatic carbocycles. The molecule has 0 aliphatic rings. The predicted octanol–water partition coefficient (Wildman–Crippen LogP) is 3.98. The Balaban J connectivity index is 1.80. The second-order valence-corrected chi connectivity index (χ2v) is 4.84. The molecular weight excluding hydrogens is 278 g/mol. The number of allylic oxidation sites excluding steroid dienone is 1. The number of hydrogen-bond acceptors (Lipinski definition) is 2. The van der Waals surface area contributed by atoms with Crippen LogP contribution < -0.4 is 10.7 Å². The Morgan fingerprint density at radius 3 is 2.52 bits per heavy atom. The molecule has 0 saturated heterocycles. The highest BCUT2D eigenvalue weighted by Crippen LogP contribution is 2.12. The highest BCUT2D eigenvalue weighted by molar-refractivity contribution is 7.80. The van der Waals surface area contributed by atoms with Crippen LogP contribution in [0, 0.1) is 6.92 Å². The van der Waals surface area contributed by atoms with Crippen LogP contribution in [-0.4, -0.2) is 11.3 Å². The van der Waals surface area contributed by atoms with Gasteiger partial charge in [-0.15, -0.1) is 0 Å². The summed E-state index contributed by atoms with van der Waals surface area (Å²) in [4.78, 5) is 0. The van der Waals surface area contributed by atoms with Gasteiger partial charge in [0.2, 0.25) is 0 Å². The Hall–Kier alpha value is -2.46. The Bertz CT molecular complexity index is 648. The van der Waals surface area contributed by atoms with Gasteiger partial charge in [-0.05, 0) is 42.4 Å². The quantitative estimate of drug-likeness (QED) is 0.509. The Labute approximate surface area is 130 Å². The van der Waals surface area contributed by atoms with Crippen molar-refractivity contribution < 1.29 is 0 Å². The summed E-state index contributed by atoms with van der Waals surface area (Å²) in [6.07, 6.45) is 5.50.